The third-order valence-corrected chi connectivity index (χ3v) is 3.16. The summed E-state index contributed by atoms with van der Waals surface area (Å²) in [7, 11) is 1.84. The fraction of sp³-hybridized carbons (Fsp3) is 0.667. The average molecular weight is 252 g/mol. The van der Waals surface area contributed by atoms with Gasteiger partial charge in [-0.15, -0.1) is 0 Å². The van der Waals surface area contributed by atoms with E-state index >= 15 is 0 Å². The van der Waals surface area contributed by atoms with Crippen LogP contribution in [0.25, 0.3) is 0 Å². The van der Waals surface area contributed by atoms with Crippen LogP contribution >= 0.6 is 0 Å². The van der Waals surface area contributed by atoms with Crippen LogP contribution in [0.2, 0.25) is 0 Å². The Hall–Kier alpha value is -1.56. The summed E-state index contributed by atoms with van der Waals surface area (Å²) in [6, 6.07) is 1.24. The van der Waals surface area contributed by atoms with Gasteiger partial charge in [0.25, 0.3) is 0 Å². The van der Waals surface area contributed by atoms with Gasteiger partial charge < -0.3 is 10.4 Å². The Kier molecular flexibility index (Phi) is 2.85. The first kappa shape index (κ1) is 12.9. The third-order valence-electron chi connectivity index (χ3n) is 3.16. The second-order valence-electron chi connectivity index (χ2n) is 5.78. The van der Waals surface area contributed by atoms with Crippen molar-refractivity contribution in [1.82, 2.24) is 15.1 Å². The van der Waals surface area contributed by atoms with E-state index in [0.29, 0.717) is 5.82 Å². The molecule has 1 aromatic rings. The van der Waals surface area contributed by atoms with E-state index < -0.39 is 6.23 Å². The Bertz CT molecular complexity index is 475. The Morgan fingerprint density at radius 1 is 1.44 bits per heavy atom. The van der Waals surface area contributed by atoms with Crippen molar-refractivity contribution in [2.45, 2.75) is 45.4 Å². The number of aliphatic hydroxyl groups excluding tert-OH is 1. The SMILES string of the molecule is CC1NC(=O)N(c2cc(C(C)(C)C)n(C)n2)C1O. The van der Waals surface area contributed by atoms with Gasteiger partial charge in [0.2, 0.25) is 0 Å². The van der Waals surface area contributed by atoms with Crippen LogP contribution in [-0.4, -0.2) is 33.2 Å². The van der Waals surface area contributed by atoms with Gasteiger partial charge >= 0.3 is 6.03 Å². The molecule has 0 radical (unpaired) electrons. The van der Waals surface area contributed by atoms with Crippen LogP contribution < -0.4 is 10.2 Å². The maximum atomic E-state index is 11.8. The standard InChI is InChI=1S/C12H20N4O2/c1-7-10(17)16(11(18)13-7)9-6-8(12(2,3)4)15(5)14-9/h6-7,10,17H,1-5H3,(H,13,18). The third kappa shape index (κ3) is 1.96. The summed E-state index contributed by atoms with van der Waals surface area (Å²) in [6.45, 7) is 8.00. The molecule has 2 atom stereocenters. The van der Waals surface area contributed by atoms with Crippen molar-refractivity contribution in [3.8, 4) is 0 Å². The van der Waals surface area contributed by atoms with Crippen molar-refractivity contribution in [2.75, 3.05) is 4.90 Å². The molecule has 100 valence electrons. The van der Waals surface area contributed by atoms with E-state index in [-0.39, 0.29) is 17.5 Å². The van der Waals surface area contributed by atoms with Crippen molar-refractivity contribution in [1.29, 1.82) is 0 Å². The number of aryl methyl sites for hydroxylation is 1. The van der Waals surface area contributed by atoms with E-state index in [1.54, 1.807) is 11.6 Å². The number of rotatable bonds is 1. The number of nitrogens with zero attached hydrogens (tertiary/aromatic N) is 3. The van der Waals surface area contributed by atoms with Crippen LogP contribution in [0.4, 0.5) is 10.6 Å². The van der Waals surface area contributed by atoms with E-state index in [2.05, 4.69) is 31.2 Å². The van der Waals surface area contributed by atoms with E-state index in [0.717, 1.165) is 5.69 Å². The minimum absolute atomic E-state index is 0.0627. The Morgan fingerprint density at radius 3 is 2.44 bits per heavy atom. The zero-order chi connectivity index (χ0) is 13.7. The first-order valence-corrected chi connectivity index (χ1v) is 6.04. The molecular weight excluding hydrogens is 232 g/mol. The Morgan fingerprint density at radius 2 is 2.06 bits per heavy atom. The van der Waals surface area contributed by atoms with Crippen LogP contribution in [0, 0.1) is 0 Å². The van der Waals surface area contributed by atoms with Crippen molar-refractivity contribution in [3.05, 3.63) is 11.8 Å². The predicted octanol–water partition coefficient (Wildman–Crippen LogP) is 0.954. The number of urea groups is 1. The molecule has 2 N–H and O–H groups in total. The van der Waals surface area contributed by atoms with Gasteiger partial charge in [0.15, 0.2) is 12.0 Å². The van der Waals surface area contributed by atoms with E-state index in [9.17, 15) is 9.90 Å². The molecule has 0 spiro atoms. The molecule has 2 unspecified atom stereocenters. The molecule has 0 saturated carbocycles. The smallest absolute Gasteiger partial charge is 0.325 e. The maximum absolute atomic E-state index is 11.8. The molecule has 0 bridgehead atoms. The van der Waals surface area contributed by atoms with E-state index in [1.165, 1.54) is 4.90 Å². The molecule has 6 nitrogen and oxygen atoms in total. The lowest BCUT2D eigenvalue weighted by atomic mass is 9.92. The molecule has 18 heavy (non-hydrogen) atoms. The normalized spacial score (nSPS) is 24.6. The molecule has 1 fully saturated rings. The second kappa shape index (κ2) is 3.98. The van der Waals surface area contributed by atoms with Gasteiger partial charge in [0, 0.05) is 24.2 Å². The predicted molar refractivity (Wildman–Crippen MR) is 68.4 cm³/mol. The first-order valence-electron chi connectivity index (χ1n) is 6.04. The number of carbonyl (C=O) groups is 1. The molecular formula is C12H20N4O2. The van der Waals surface area contributed by atoms with Crippen LogP contribution in [0.15, 0.2) is 6.07 Å². The van der Waals surface area contributed by atoms with Gasteiger partial charge in [-0.25, -0.2) is 9.69 Å². The van der Waals surface area contributed by atoms with E-state index in [4.69, 9.17) is 0 Å². The highest BCUT2D eigenvalue weighted by atomic mass is 16.3. The second-order valence-corrected chi connectivity index (χ2v) is 5.78. The van der Waals surface area contributed by atoms with Crippen LogP contribution in [-0.2, 0) is 12.5 Å². The fourth-order valence-electron chi connectivity index (χ4n) is 2.19. The molecule has 1 aliphatic rings. The number of aliphatic hydroxyl groups is 1. The molecule has 1 aliphatic heterocycles. The molecule has 1 saturated heterocycles. The quantitative estimate of drug-likeness (QED) is 0.782. The highest BCUT2D eigenvalue weighted by Gasteiger charge is 2.38. The zero-order valence-corrected chi connectivity index (χ0v) is 11.4. The molecule has 2 heterocycles. The number of amides is 2. The lowest BCUT2D eigenvalue weighted by Gasteiger charge is -2.18. The Balaban J connectivity index is 2.39. The van der Waals surface area contributed by atoms with Crippen LogP contribution in [0.3, 0.4) is 0 Å². The molecule has 6 heteroatoms. The van der Waals surface area contributed by atoms with Crippen molar-refractivity contribution in [3.63, 3.8) is 0 Å². The summed E-state index contributed by atoms with van der Waals surface area (Å²) in [5, 5.41) is 17.0. The number of anilines is 1. The topological polar surface area (TPSA) is 70.4 Å². The molecule has 0 aromatic carbocycles. The average Bonchev–Trinajstić information content (AvgIpc) is 2.69. The first-order chi connectivity index (χ1) is 8.21. The van der Waals surface area contributed by atoms with Crippen LogP contribution in [0.1, 0.15) is 33.4 Å². The summed E-state index contributed by atoms with van der Waals surface area (Å²) in [4.78, 5) is 13.1. The molecule has 1 aromatic heterocycles. The van der Waals surface area contributed by atoms with E-state index in [1.807, 2.05) is 13.1 Å². The van der Waals surface area contributed by atoms with Gasteiger partial charge in [-0.05, 0) is 6.92 Å². The van der Waals surface area contributed by atoms with Gasteiger partial charge in [-0.2, -0.15) is 5.10 Å². The minimum Gasteiger partial charge on any atom is -0.371 e. The maximum Gasteiger partial charge on any atom is 0.325 e. The zero-order valence-electron chi connectivity index (χ0n) is 11.4. The summed E-state index contributed by atoms with van der Waals surface area (Å²) >= 11 is 0. The summed E-state index contributed by atoms with van der Waals surface area (Å²) < 4.78 is 1.75. The highest BCUT2D eigenvalue weighted by Crippen LogP contribution is 2.28. The number of hydrogen-bond donors (Lipinski definition) is 2. The number of carbonyl (C=O) groups excluding carboxylic acids is 1. The minimum atomic E-state index is -0.875. The van der Waals surface area contributed by atoms with Crippen molar-refractivity contribution >= 4 is 11.8 Å². The summed E-state index contributed by atoms with van der Waals surface area (Å²) in [6.07, 6.45) is -0.875. The number of aromatic nitrogens is 2. The van der Waals surface area contributed by atoms with Crippen LogP contribution in [0.5, 0.6) is 0 Å². The van der Waals surface area contributed by atoms with Crippen molar-refractivity contribution in [2.24, 2.45) is 7.05 Å². The number of nitrogens with one attached hydrogen (secondary N) is 1. The molecule has 2 amide bonds. The summed E-state index contributed by atoms with van der Waals surface area (Å²) in [5.74, 6) is 0.483. The summed E-state index contributed by atoms with van der Waals surface area (Å²) in [5.41, 5.74) is 0.948. The largest absolute Gasteiger partial charge is 0.371 e. The van der Waals surface area contributed by atoms with Gasteiger partial charge in [-0.3, -0.25) is 4.68 Å². The monoisotopic (exact) mass is 252 g/mol. The van der Waals surface area contributed by atoms with Gasteiger partial charge in [0.05, 0.1) is 6.04 Å². The lowest BCUT2D eigenvalue weighted by molar-refractivity contribution is 0.167. The molecule has 2 rings (SSSR count). The fourth-order valence-corrected chi connectivity index (χ4v) is 2.19. The lowest BCUT2D eigenvalue weighted by Crippen LogP contribution is -2.35. The van der Waals surface area contributed by atoms with Gasteiger partial charge in [0.1, 0.15) is 0 Å². The Labute approximate surface area is 107 Å². The van der Waals surface area contributed by atoms with Gasteiger partial charge in [-0.1, -0.05) is 20.8 Å². The number of hydrogen-bond acceptors (Lipinski definition) is 3. The highest BCUT2D eigenvalue weighted by molar-refractivity contribution is 5.94. The molecule has 0 aliphatic carbocycles. The van der Waals surface area contributed by atoms with Crippen molar-refractivity contribution < 1.29 is 9.90 Å².